The number of hydrogen-bond acceptors (Lipinski definition) is 4. The first-order valence-electron chi connectivity index (χ1n) is 10.5. The Labute approximate surface area is 177 Å². The maximum atomic E-state index is 10.5. The van der Waals surface area contributed by atoms with E-state index in [-0.39, 0.29) is 6.61 Å². The Morgan fingerprint density at radius 2 is 1.83 bits per heavy atom. The molecule has 1 heterocycles. The number of aliphatic hydroxyl groups excluding tert-OH is 3. The zero-order chi connectivity index (χ0) is 20.6. The highest BCUT2D eigenvalue weighted by Crippen LogP contribution is 2.48. The molecule has 0 amide bonds. The molecular formula is C24H29ClO4. The highest BCUT2D eigenvalue weighted by atomic mass is 35.5. The standard InChI is InChI=1S/C24H29ClO4/c1-2-15-5-7-16(8-6-15)12-18-17-4-3-11-24(19(17)9-10-20(18)25)13-21(27)23(28)22(14-26)29-24/h5-10,21-23,26-28H,2-4,11-14H2,1H3. The topological polar surface area (TPSA) is 69.9 Å². The van der Waals surface area contributed by atoms with Crippen LogP contribution in [0, 0.1) is 0 Å². The first kappa shape index (κ1) is 20.8. The van der Waals surface area contributed by atoms with Crippen LogP contribution in [0.1, 0.15) is 54.0 Å². The molecule has 29 heavy (non-hydrogen) atoms. The maximum absolute atomic E-state index is 10.5. The molecule has 4 nitrogen and oxygen atoms in total. The van der Waals surface area contributed by atoms with Gasteiger partial charge in [-0.1, -0.05) is 48.9 Å². The summed E-state index contributed by atoms with van der Waals surface area (Å²) in [5.41, 5.74) is 5.17. The van der Waals surface area contributed by atoms with Crippen molar-refractivity contribution in [3.8, 4) is 0 Å². The Hall–Kier alpha value is -1.43. The van der Waals surface area contributed by atoms with Crippen LogP contribution >= 0.6 is 11.6 Å². The Morgan fingerprint density at radius 3 is 2.52 bits per heavy atom. The van der Waals surface area contributed by atoms with E-state index in [0.717, 1.165) is 48.3 Å². The van der Waals surface area contributed by atoms with E-state index in [1.165, 1.54) is 16.7 Å². The Kier molecular flexibility index (Phi) is 6.01. The lowest BCUT2D eigenvalue weighted by atomic mass is 9.72. The van der Waals surface area contributed by atoms with Gasteiger partial charge in [-0.05, 0) is 66.0 Å². The van der Waals surface area contributed by atoms with Gasteiger partial charge in [0.15, 0.2) is 0 Å². The van der Waals surface area contributed by atoms with Crippen LogP contribution < -0.4 is 0 Å². The second-order valence-corrected chi connectivity index (χ2v) is 8.75. The van der Waals surface area contributed by atoms with Crippen molar-refractivity contribution in [2.45, 2.75) is 69.4 Å². The van der Waals surface area contributed by atoms with Crippen molar-refractivity contribution in [3.63, 3.8) is 0 Å². The smallest absolute Gasteiger partial charge is 0.110 e. The third-order valence-electron chi connectivity index (χ3n) is 6.56. The first-order chi connectivity index (χ1) is 14.0. The van der Waals surface area contributed by atoms with Crippen LogP contribution in [-0.4, -0.2) is 40.2 Å². The summed E-state index contributed by atoms with van der Waals surface area (Å²) >= 11 is 6.63. The van der Waals surface area contributed by atoms with Gasteiger partial charge in [-0.3, -0.25) is 0 Å². The van der Waals surface area contributed by atoms with Gasteiger partial charge in [0.05, 0.1) is 18.3 Å². The summed E-state index contributed by atoms with van der Waals surface area (Å²) in [6.45, 7) is 1.83. The molecule has 3 N–H and O–H groups in total. The van der Waals surface area contributed by atoms with E-state index >= 15 is 0 Å². The lowest BCUT2D eigenvalue weighted by Gasteiger charge is -2.48. The van der Waals surface area contributed by atoms with Gasteiger partial charge in [0.25, 0.3) is 0 Å². The van der Waals surface area contributed by atoms with Crippen molar-refractivity contribution < 1.29 is 20.1 Å². The van der Waals surface area contributed by atoms with E-state index < -0.39 is 23.9 Å². The third-order valence-corrected chi connectivity index (χ3v) is 6.91. The molecule has 4 atom stereocenters. The monoisotopic (exact) mass is 416 g/mol. The molecule has 0 saturated carbocycles. The number of rotatable bonds is 4. The van der Waals surface area contributed by atoms with E-state index in [4.69, 9.17) is 16.3 Å². The van der Waals surface area contributed by atoms with Gasteiger partial charge in [-0.15, -0.1) is 0 Å². The van der Waals surface area contributed by atoms with Gasteiger partial charge < -0.3 is 20.1 Å². The fourth-order valence-electron chi connectivity index (χ4n) is 4.94. The van der Waals surface area contributed by atoms with E-state index in [2.05, 4.69) is 31.2 Å². The average molecular weight is 417 g/mol. The fraction of sp³-hybridized carbons (Fsp3) is 0.500. The van der Waals surface area contributed by atoms with Gasteiger partial charge in [0.2, 0.25) is 0 Å². The molecule has 1 saturated heterocycles. The van der Waals surface area contributed by atoms with Crippen LogP contribution in [0.3, 0.4) is 0 Å². The molecule has 5 heteroatoms. The van der Waals surface area contributed by atoms with E-state index in [1.54, 1.807) is 0 Å². The van der Waals surface area contributed by atoms with Gasteiger partial charge in [-0.2, -0.15) is 0 Å². The van der Waals surface area contributed by atoms with E-state index in [0.29, 0.717) is 6.42 Å². The SMILES string of the molecule is CCc1ccc(Cc2c(Cl)ccc3c2CCCC32CC(O)C(O)C(CO)O2)cc1. The molecule has 4 unspecified atom stereocenters. The van der Waals surface area contributed by atoms with Gasteiger partial charge in [-0.25, -0.2) is 0 Å². The number of benzene rings is 2. The molecule has 1 fully saturated rings. The number of hydrogen-bond donors (Lipinski definition) is 3. The van der Waals surface area contributed by atoms with Crippen molar-refractivity contribution in [1.29, 1.82) is 0 Å². The van der Waals surface area contributed by atoms with Crippen LogP contribution in [0.5, 0.6) is 0 Å². The van der Waals surface area contributed by atoms with Gasteiger partial charge in [0, 0.05) is 11.4 Å². The second kappa shape index (κ2) is 8.37. The molecule has 1 spiro atoms. The number of fused-ring (bicyclic) bond motifs is 2. The van der Waals surface area contributed by atoms with Gasteiger partial charge >= 0.3 is 0 Å². The number of ether oxygens (including phenoxy) is 1. The number of aliphatic hydroxyl groups is 3. The summed E-state index contributed by atoms with van der Waals surface area (Å²) in [6.07, 6.45) is 1.88. The summed E-state index contributed by atoms with van der Waals surface area (Å²) in [4.78, 5) is 0. The molecule has 0 aromatic heterocycles. The lowest BCUT2D eigenvalue weighted by molar-refractivity contribution is -0.233. The Bertz CT molecular complexity index is 866. The summed E-state index contributed by atoms with van der Waals surface area (Å²) in [5.74, 6) is 0. The van der Waals surface area contributed by atoms with E-state index in [9.17, 15) is 15.3 Å². The third kappa shape index (κ3) is 3.85. The molecule has 0 radical (unpaired) electrons. The predicted octanol–water partition coefficient (Wildman–Crippen LogP) is 3.53. The summed E-state index contributed by atoms with van der Waals surface area (Å²) in [7, 11) is 0. The minimum atomic E-state index is -1.07. The van der Waals surface area contributed by atoms with Crippen LogP contribution in [0.4, 0.5) is 0 Å². The minimum absolute atomic E-state index is 0.320. The first-order valence-corrected chi connectivity index (χ1v) is 10.9. The Balaban J connectivity index is 1.72. The highest BCUT2D eigenvalue weighted by Gasteiger charge is 2.49. The molecule has 2 aliphatic rings. The molecule has 156 valence electrons. The van der Waals surface area contributed by atoms with Crippen molar-refractivity contribution in [2.75, 3.05) is 6.61 Å². The predicted molar refractivity (Wildman–Crippen MR) is 113 cm³/mol. The van der Waals surface area contributed by atoms with Gasteiger partial charge in [0.1, 0.15) is 12.2 Å². The largest absolute Gasteiger partial charge is 0.394 e. The second-order valence-electron chi connectivity index (χ2n) is 8.35. The normalized spacial score (nSPS) is 29.1. The molecule has 2 aromatic carbocycles. The molecule has 4 rings (SSSR count). The van der Waals surface area contributed by atoms with Crippen molar-refractivity contribution in [3.05, 3.63) is 69.2 Å². The van der Waals surface area contributed by atoms with E-state index in [1.807, 2.05) is 12.1 Å². The van der Waals surface area contributed by atoms with Crippen LogP contribution in [0.15, 0.2) is 36.4 Å². The van der Waals surface area contributed by atoms with Crippen LogP contribution in [-0.2, 0) is 29.6 Å². The summed E-state index contributed by atoms with van der Waals surface area (Å²) in [6, 6.07) is 12.6. The zero-order valence-electron chi connectivity index (χ0n) is 16.8. The molecular weight excluding hydrogens is 388 g/mol. The van der Waals surface area contributed by atoms with Crippen LogP contribution in [0.2, 0.25) is 5.02 Å². The molecule has 1 aliphatic heterocycles. The quantitative estimate of drug-likeness (QED) is 0.713. The van der Waals surface area contributed by atoms with Crippen LogP contribution in [0.25, 0.3) is 0 Å². The number of aryl methyl sites for hydroxylation is 1. The van der Waals surface area contributed by atoms with Crippen molar-refractivity contribution in [1.82, 2.24) is 0 Å². The molecule has 2 aromatic rings. The van der Waals surface area contributed by atoms with Crippen molar-refractivity contribution in [2.24, 2.45) is 0 Å². The zero-order valence-corrected chi connectivity index (χ0v) is 17.5. The minimum Gasteiger partial charge on any atom is -0.394 e. The Morgan fingerprint density at radius 1 is 1.10 bits per heavy atom. The average Bonchev–Trinajstić information content (AvgIpc) is 2.73. The summed E-state index contributed by atoms with van der Waals surface area (Å²) < 4.78 is 6.25. The number of halogens is 1. The van der Waals surface area contributed by atoms with Crippen molar-refractivity contribution >= 4 is 11.6 Å². The maximum Gasteiger partial charge on any atom is 0.110 e. The fourth-order valence-corrected chi connectivity index (χ4v) is 5.19. The molecule has 1 aliphatic carbocycles. The lowest BCUT2D eigenvalue weighted by Crippen LogP contribution is -2.55. The molecule has 0 bridgehead atoms. The summed E-state index contributed by atoms with van der Waals surface area (Å²) in [5, 5.41) is 31.0. The highest BCUT2D eigenvalue weighted by molar-refractivity contribution is 6.31.